The molecule has 0 rings (SSSR count). The topological polar surface area (TPSA) is 17.1 Å². The van der Waals surface area contributed by atoms with Crippen LogP contribution in [0.2, 0.25) is 0 Å². The second-order valence-corrected chi connectivity index (χ2v) is 7.66. The third-order valence-electron chi connectivity index (χ3n) is 5.08. The predicted octanol–water partition coefficient (Wildman–Crippen LogP) is 8.56. The van der Waals surface area contributed by atoms with Crippen LogP contribution in [0, 0.1) is 0 Å². The predicted molar refractivity (Wildman–Crippen MR) is 113 cm³/mol. The van der Waals surface area contributed by atoms with Crippen LogP contribution in [0.4, 0.5) is 0 Å². The van der Waals surface area contributed by atoms with Crippen LogP contribution in [0.15, 0.2) is 12.2 Å². The summed E-state index contributed by atoms with van der Waals surface area (Å²) in [7, 11) is 0. The summed E-state index contributed by atoms with van der Waals surface area (Å²) in [5, 5.41) is 0. The van der Waals surface area contributed by atoms with Gasteiger partial charge in [0.2, 0.25) is 0 Å². The normalized spacial score (nSPS) is 11.4. The van der Waals surface area contributed by atoms with Gasteiger partial charge in [0.25, 0.3) is 0 Å². The second kappa shape index (κ2) is 23.4. The molecule has 0 aliphatic carbocycles. The molecule has 148 valence electrons. The molecule has 0 aliphatic heterocycles. The van der Waals surface area contributed by atoms with E-state index in [2.05, 4.69) is 19.1 Å². The first-order valence-corrected chi connectivity index (χ1v) is 11.5. The lowest BCUT2D eigenvalue weighted by Gasteiger charge is -2.02. The molecule has 0 saturated heterocycles. The molecule has 0 spiro atoms. The standard InChI is InChI=1S/C24H46O/c1-2-3-4-5-6-7-8-9-10-11-12-13-14-15-16-17-18-19-20-21-22-23-24-25/h7-8,24H,2-6,9-23H2,1H3/b8-7-. The minimum Gasteiger partial charge on any atom is -0.303 e. The molecule has 0 saturated carbocycles. The van der Waals surface area contributed by atoms with E-state index >= 15 is 0 Å². The molecule has 0 atom stereocenters. The molecule has 1 nitrogen and oxygen atoms in total. The van der Waals surface area contributed by atoms with Gasteiger partial charge in [-0.05, 0) is 32.1 Å². The van der Waals surface area contributed by atoms with Crippen molar-refractivity contribution >= 4 is 6.29 Å². The lowest BCUT2D eigenvalue weighted by molar-refractivity contribution is -0.107. The van der Waals surface area contributed by atoms with Crippen LogP contribution in [0.3, 0.4) is 0 Å². The summed E-state index contributed by atoms with van der Waals surface area (Å²) in [6, 6.07) is 0. The van der Waals surface area contributed by atoms with Gasteiger partial charge >= 0.3 is 0 Å². The number of unbranched alkanes of at least 4 members (excludes halogenated alkanes) is 18. The first kappa shape index (κ1) is 24.4. The Morgan fingerprint density at radius 3 is 1.12 bits per heavy atom. The molecule has 0 amide bonds. The van der Waals surface area contributed by atoms with Gasteiger partial charge in [0, 0.05) is 6.42 Å². The highest BCUT2D eigenvalue weighted by atomic mass is 16.1. The molecule has 0 bridgehead atoms. The van der Waals surface area contributed by atoms with E-state index in [-0.39, 0.29) is 0 Å². The Morgan fingerprint density at radius 1 is 0.440 bits per heavy atom. The molecule has 0 aliphatic rings. The van der Waals surface area contributed by atoms with Crippen molar-refractivity contribution in [2.24, 2.45) is 0 Å². The van der Waals surface area contributed by atoms with Gasteiger partial charge in [-0.3, -0.25) is 0 Å². The highest BCUT2D eigenvalue weighted by Gasteiger charge is 1.94. The average Bonchev–Trinajstić information content (AvgIpc) is 2.63. The maximum absolute atomic E-state index is 10.2. The molecular weight excluding hydrogens is 304 g/mol. The molecule has 0 aromatic rings. The van der Waals surface area contributed by atoms with E-state index in [0.717, 1.165) is 19.1 Å². The number of rotatable bonds is 21. The molecule has 0 N–H and O–H groups in total. The largest absolute Gasteiger partial charge is 0.303 e. The van der Waals surface area contributed by atoms with E-state index in [9.17, 15) is 4.79 Å². The molecule has 25 heavy (non-hydrogen) atoms. The Balaban J connectivity index is 3.02. The van der Waals surface area contributed by atoms with Gasteiger partial charge in [-0.15, -0.1) is 0 Å². The lowest BCUT2D eigenvalue weighted by Crippen LogP contribution is -1.83. The van der Waals surface area contributed by atoms with Crippen molar-refractivity contribution in [3.8, 4) is 0 Å². The first-order valence-electron chi connectivity index (χ1n) is 11.5. The number of aldehydes is 1. The summed E-state index contributed by atoms with van der Waals surface area (Å²) in [6.07, 6.45) is 32.5. The smallest absolute Gasteiger partial charge is 0.119 e. The zero-order chi connectivity index (χ0) is 18.3. The van der Waals surface area contributed by atoms with E-state index in [1.54, 1.807) is 0 Å². The summed E-state index contributed by atoms with van der Waals surface area (Å²) >= 11 is 0. The summed E-state index contributed by atoms with van der Waals surface area (Å²) in [6.45, 7) is 2.28. The molecule has 0 unspecified atom stereocenters. The van der Waals surface area contributed by atoms with Crippen LogP contribution in [0.5, 0.6) is 0 Å². The van der Waals surface area contributed by atoms with Crippen molar-refractivity contribution in [1.82, 2.24) is 0 Å². The Kier molecular flexibility index (Phi) is 22.9. The quantitative estimate of drug-likeness (QED) is 0.115. The Hall–Kier alpha value is -0.590. The van der Waals surface area contributed by atoms with Crippen LogP contribution in [0.25, 0.3) is 0 Å². The van der Waals surface area contributed by atoms with E-state index < -0.39 is 0 Å². The SMILES string of the molecule is CCCCCC/C=C\CCCCCCCCCCCCCCCC=O. The van der Waals surface area contributed by atoms with Crippen molar-refractivity contribution in [1.29, 1.82) is 0 Å². The number of carbonyl (C=O) groups is 1. The lowest BCUT2D eigenvalue weighted by atomic mass is 10.0. The minimum absolute atomic E-state index is 0.759. The maximum atomic E-state index is 10.2. The van der Waals surface area contributed by atoms with Crippen LogP contribution >= 0.6 is 0 Å². The zero-order valence-corrected chi connectivity index (χ0v) is 17.3. The van der Waals surface area contributed by atoms with E-state index in [1.807, 2.05) is 0 Å². The first-order chi connectivity index (χ1) is 12.4. The van der Waals surface area contributed by atoms with Gasteiger partial charge in [0.1, 0.15) is 6.29 Å². The summed E-state index contributed by atoms with van der Waals surface area (Å²) < 4.78 is 0. The van der Waals surface area contributed by atoms with Gasteiger partial charge in [-0.2, -0.15) is 0 Å². The van der Waals surface area contributed by atoms with Crippen molar-refractivity contribution in [2.45, 2.75) is 135 Å². The molecule has 0 aromatic carbocycles. The average molecular weight is 351 g/mol. The van der Waals surface area contributed by atoms with Crippen molar-refractivity contribution < 1.29 is 4.79 Å². The zero-order valence-electron chi connectivity index (χ0n) is 17.3. The molecule has 0 aromatic heterocycles. The number of carbonyl (C=O) groups excluding carboxylic acids is 1. The van der Waals surface area contributed by atoms with Crippen LogP contribution in [-0.2, 0) is 4.79 Å². The summed E-state index contributed by atoms with van der Waals surface area (Å²) in [4.78, 5) is 10.2. The van der Waals surface area contributed by atoms with Gasteiger partial charge in [0.15, 0.2) is 0 Å². The van der Waals surface area contributed by atoms with Gasteiger partial charge in [0.05, 0.1) is 0 Å². The minimum atomic E-state index is 0.759. The van der Waals surface area contributed by atoms with Gasteiger partial charge in [-0.1, -0.05) is 109 Å². The number of allylic oxidation sites excluding steroid dienone is 2. The van der Waals surface area contributed by atoms with Gasteiger partial charge < -0.3 is 4.79 Å². The fourth-order valence-corrected chi connectivity index (χ4v) is 3.36. The van der Waals surface area contributed by atoms with E-state index in [4.69, 9.17) is 0 Å². The third-order valence-corrected chi connectivity index (χ3v) is 5.08. The fraction of sp³-hybridized carbons (Fsp3) is 0.875. The highest BCUT2D eigenvalue weighted by molar-refractivity contribution is 5.48. The molecule has 1 heteroatoms. The van der Waals surface area contributed by atoms with Crippen molar-refractivity contribution in [3.63, 3.8) is 0 Å². The van der Waals surface area contributed by atoms with Crippen LogP contribution in [-0.4, -0.2) is 6.29 Å². The molecular formula is C24H46O. The molecule has 0 radical (unpaired) electrons. The molecule has 0 fully saturated rings. The highest BCUT2D eigenvalue weighted by Crippen LogP contribution is 2.13. The van der Waals surface area contributed by atoms with Crippen molar-refractivity contribution in [2.75, 3.05) is 0 Å². The Morgan fingerprint density at radius 2 is 0.760 bits per heavy atom. The molecule has 0 heterocycles. The van der Waals surface area contributed by atoms with Crippen molar-refractivity contribution in [3.05, 3.63) is 12.2 Å². The second-order valence-electron chi connectivity index (χ2n) is 7.66. The van der Waals surface area contributed by atoms with Crippen LogP contribution < -0.4 is 0 Å². The number of hydrogen-bond acceptors (Lipinski definition) is 1. The Labute approximate surface area is 159 Å². The van der Waals surface area contributed by atoms with E-state index in [0.29, 0.717) is 0 Å². The summed E-state index contributed by atoms with van der Waals surface area (Å²) in [5.41, 5.74) is 0. The van der Waals surface area contributed by atoms with E-state index in [1.165, 1.54) is 116 Å². The third kappa shape index (κ3) is 23.4. The van der Waals surface area contributed by atoms with Gasteiger partial charge in [-0.25, -0.2) is 0 Å². The fourth-order valence-electron chi connectivity index (χ4n) is 3.36. The van der Waals surface area contributed by atoms with Crippen LogP contribution in [0.1, 0.15) is 135 Å². The summed E-state index contributed by atoms with van der Waals surface area (Å²) in [5.74, 6) is 0. The monoisotopic (exact) mass is 350 g/mol. The number of hydrogen-bond donors (Lipinski definition) is 0. The maximum Gasteiger partial charge on any atom is 0.119 e. The Bertz CT molecular complexity index is 269.